The van der Waals surface area contributed by atoms with Crippen molar-refractivity contribution in [3.8, 4) is 5.88 Å². The number of aromatic nitrogens is 1. The quantitative estimate of drug-likeness (QED) is 0.372. The third-order valence-corrected chi connectivity index (χ3v) is 4.58. The van der Waals surface area contributed by atoms with Crippen molar-refractivity contribution in [3.05, 3.63) is 23.9 Å². The zero-order valence-corrected chi connectivity index (χ0v) is 17.4. The lowest BCUT2D eigenvalue weighted by Crippen LogP contribution is -2.45. The number of hydrogen-bond donors (Lipinski definition) is 2. The number of hydrogen-bond acceptors (Lipinski definition) is 4. The van der Waals surface area contributed by atoms with Crippen molar-refractivity contribution in [2.75, 3.05) is 26.8 Å². The van der Waals surface area contributed by atoms with Gasteiger partial charge in [-0.3, -0.25) is 4.99 Å². The van der Waals surface area contributed by atoms with Gasteiger partial charge in [0.25, 0.3) is 0 Å². The number of nitrogens with zero attached hydrogens (tertiary/aromatic N) is 2. The SMILES string of the molecule is CN=C(NCc1ccc(OCC2CC2)nc1)NCC1(C)CCCO1.I. The van der Waals surface area contributed by atoms with Crippen LogP contribution in [0.3, 0.4) is 0 Å². The van der Waals surface area contributed by atoms with Gasteiger partial charge in [-0.25, -0.2) is 4.98 Å². The lowest BCUT2D eigenvalue weighted by atomic mass is 10.0. The minimum atomic E-state index is -0.0836. The zero-order valence-electron chi connectivity index (χ0n) is 15.1. The Balaban J connectivity index is 0.00000225. The lowest BCUT2D eigenvalue weighted by molar-refractivity contribution is 0.0243. The Kier molecular flexibility index (Phi) is 7.74. The molecule has 0 radical (unpaired) electrons. The molecule has 2 heterocycles. The molecule has 140 valence electrons. The molecular formula is C18H29IN4O2. The minimum Gasteiger partial charge on any atom is -0.477 e. The van der Waals surface area contributed by atoms with Crippen LogP contribution in [0.25, 0.3) is 0 Å². The summed E-state index contributed by atoms with van der Waals surface area (Å²) in [5.74, 6) is 2.23. The molecule has 1 aliphatic heterocycles. The number of rotatable bonds is 7. The Bertz CT molecular complexity index is 555. The van der Waals surface area contributed by atoms with Gasteiger partial charge in [-0.15, -0.1) is 24.0 Å². The molecule has 0 bridgehead atoms. The Hall–Kier alpha value is -1.09. The molecule has 0 aromatic carbocycles. The summed E-state index contributed by atoms with van der Waals surface area (Å²) in [6.07, 6.45) is 6.65. The Morgan fingerprint density at radius 2 is 2.24 bits per heavy atom. The maximum atomic E-state index is 5.79. The fraction of sp³-hybridized carbons (Fsp3) is 0.667. The van der Waals surface area contributed by atoms with Crippen LogP contribution in [-0.4, -0.2) is 43.4 Å². The third kappa shape index (κ3) is 6.62. The Labute approximate surface area is 167 Å². The molecule has 2 N–H and O–H groups in total. The van der Waals surface area contributed by atoms with Gasteiger partial charge in [-0.1, -0.05) is 6.07 Å². The molecule has 2 fully saturated rings. The number of halogens is 1. The van der Waals surface area contributed by atoms with Gasteiger partial charge in [0, 0.05) is 39.0 Å². The molecule has 0 amide bonds. The van der Waals surface area contributed by atoms with Crippen molar-refractivity contribution in [3.63, 3.8) is 0 Å². The molecule has 1 atom stereocenters. The van der Waals surface area contributed by atoms with Gasteiger partial charge in [0.15, 0.2) is 5.96 Å². The molecular weight excluding hydrogens is 431 g/mol. The molecule has 2 aliphatic rings. The molecule has 25 heavy (non-hydrogen) atoms. The topological polar surface area (TPSA) is 67.8 Å². The van der Waals surface area contributed by atoms with Gasteiger partial charge in [-0.05, 0) is 44.1 Å². The van der Waals surface area contributed by atoms with E-state index in [1.165, 1.54) is 12.8 Å². The van der Waals surface area contributed by atoms with E-state index in [1.54, 1.807) is 7.05 Å². The van der Waals surface area contributed by atoms with Crippen LogP contribution in [0.1, 0.15) is 38.2 Å². The first-order chi connectivity index (χ1) is 11.7. The Morgan fingerprint density at radius 3 is 2.84 bits per heavy atom. The summed E-state index contributed by atoms with van der Waals surface area (Å²) in [6.45, 7) is 5.23. The number of pyridine rings is 1. The highest BCUT2D eigenvalue weighted by Gasteiger charge is 2.29. The van der Waals surface area contributed by atoms with Crippen molar-refractivity contribution < 1.29 is 9.47 Å². The predicted octanol–water partition coefficient (Wildman–Crippen LogP) is 2.72. The molecule has 1 aromatic rings. The second-order valence-electron chi connectivity index (χ2n) is 6.94. The molecule has 3 rings (SSSR count). The minimum absolute atomic E-state index is 0. The monoisotopic (exact) mass is 460 g/mol. The molecule has 1 saturated heterocycles. The first-order valence-electron chi connectivity index (χ1n) is 8.83. The molecule has 1 unspecified atom stereocenters. The van der Waals surface area contributed by atoms with E-state index in [2.05, 4.69) is 27.5 Å². The highest BCUT2D eigenvalue weighted by Crippen LogP contribution is 2.29. The summed E-state index contributed by atoms with van der Waals surface area (Å²) in [7, 11) is 1.78. The van der Waals surface area contributed by atoms with Crippen LogP contribution in [0.15, 0.2) is 23.3 Å². The van der Waals surface area contributed by atoms with E-state index in [4.69, 9.17) is 9.47 Å². The fourth-order valence-electron chi connectivity index (χ4n) is 2.74. The van der Waals surface area contributed by atoms with E-state index in [-0.39, 0.29) is 29.6 Å². The number of nitrogens with one attached hydrogen (secondary N) is 2. The first kappa shape index (κ1) is 20.2. The van der Waals surface area contributed by atoms with Crippen LogP contribution in [0.2, 0.25) is 0 Å². The number of ether oxygens (including phenoxy) is 2. The maximum absolute atomic E-state index is 5.79. The summed E-state index contributed by atoms with van der Waals surface area (Å²) in [5, 5.41) is 6.65. The van der Waals surface area contributed by atoms with Crippen LogP contribution < -0.4 is 15.4 Å². The summed E-state index contributed by atoms with van der Waals surface area (Å²) in [4.78, 5) is 8.62. The molecule has 0 spiro atoms. The van der Waals surface area contributed by atoms with E-state index in [0.717, 1.165) is 50.0 Å². The second-order valence-corrected chi connectivity index (χ2v) is 6.94. The van der Waals surface area contributed by atoms with Gasteiger partial charge in [0.2, 0.25) is 5.88 Å². The van der Waals surface area contributed by atoms with E-state index in [1.807, 2.05) is 18.3 Å². The Morgan fingerprint density at radius 1 is 1.40 bits per heavy atom. The lowest BCUT2D eigenvalue weighted by Gasteiger charge is -2.24. The van der Waals surface area contributed by atoms with Gasteiger partial charge in [0.05, 0.1) is 12.2 Å². The predicted molar refractivity (Wildman–Crippen MR) is 110 cm³/mol. The zero-order chi connectivity index (χ0) is 16.8. The molecule has 1 saturated carbocycles. The highest BCUT2D eigenvalue weighted by atomic mass is 127. The van der Waals surface area contributed by atoms with E-state index < -0.39 is 0 Å². The van der Waals surface area contributed by atoms with Gasteiger partial charge in [-0.2, -0.15) is 0 Å². The van der Waals surface area contributed by atoms with Crippen LogP contribution in [-0.2, 0) is 11.3 Å². The highest BCUT2D eigenvalue weighted by molar-refractivity contribution is 14.0. The standard InChI is InChI=1S/C18H28N4O2.HI/c1-18(8-3-9-24-18)13-22-17(19-2)21-11-15-6-7-16(20-10-15)23-12-14-4-5-14;/h6-7,10,14H,3-5,8-9,11-13H2,1-2H3,(H2,19,21,22);1H. The fourth-order valence-corrected chi connectivity index (χ4v) is 2.74. The summed E-state index contributed by atoms with van der Waals surface area (Å²) in [5.41, 5.74) is 1.01. The molecule has 1 aliphatic carbocycles. The smallest absolute Gasteiger partial charge is 0.213 e. The van der Waals surface area contributed by atoms with Gasteiger partial charge < -0.3 is 20.1 Å². The van der Waals surface area contributed by atoms with Crippen molar-refractivity contribution >= 4 is 29.9 Å². The summed E-state index contributed by atoms with van der Waals surface area (Å²) in [6, 6.07) is 3.97. The van der Waals surface area contributed by atoms with Crippen molar-refractivity contribution in [1.29, 1.82) is 0 Å². The molecule has 6 nitrogen and oxygen atoms in total. The third-order valence-electron chi connectivity index (χ3n) is 4.58. The normalized spacial score (nSPS) is 23.0. The average molecular weight is 460 g/mol. The second kappa shape index (κ2) is 9.56. The van der Waals surface area contributed by atoms with E-state index in [0.29, 0.717) is 12.4 Å². The van der Waals surface area contributed by atoms with Crippen LogP contribution in [0.4, 0.5) is 0 Å². The van der Waals surface area contributed by atoms with Gasteiger partial charge >= 0.3 is 0 Å². The van der Waals surface area contributed by atoms with Crippen LogP contribution in [0.5, 0.6) is 5.88 Å². The summed E-state index contributed by atoms with van der Waals surface area (Å²) < 4.78 is 11.4. The largest absolute Gasteiger partial charge is 0.477 e. The van der Waals surface area contributed by atoms with Crippen LogP contribution >= 0.6 is 24.0 Å². The maximum Gasteiger partial charge on any atom is 0.213 e. The van der Waals surface area contributed by atoms with Crippen molar-refractivity contribution in [1.82, 2.24) is 15.6 Å². The van der Waals surface area contributed by atoms with E-state index >= 15 is 0 Å². The average Bonchev–Trinajstić information content (AvgIpc) is 3.34. The number of aliphatic imine (C=N–C) groups is 1. The molecule has 7 heteroatoms. The number of guanidine groups is 1. The van der Waals surface area contributed by atoms with Crippen molar-refractivity contribution in [2.24, 2.45) is 10.9 Å². The van der Waals surface area contributed by atoms with Crippen molar-refractivity contribution in [2.45, 2.75) is 44.8 Å². The molecule has 1 aromatic heterocycles. The summed E-state index contributed by atoms with van der Waals surface area (Å²) >= 11 is 0. The van der Waals surface area contributed by atoms with Crippen LogP contribution in [0, 0.1) is 5.92 Å². The van der Waals surface area contributed by atoms with E-state index in [9.17, 15) is 0 Å². The van der Waals surface area contributed by atoms with Gasteiger partial charge in [0.1, 0.15) is 0 Å². The first-order valence-corrected chi connectivity index (χ1v) is 8.83.